The van der Waals surface area contributed by atoms with Gasteiger partial charge in [-0.3, -0.25) is 4.79 Å². The average Bonchev–Trinajstić information content (AvgIpc) is 3.28. The summed E-state index contributed by atoms with van der Waals surface area (Å²) < 4.78 is 10.7. The number of urea groups is 1. The van der Waals surface area contributed by atoms with Crippen LogP contribution in [0.3, 0.4) is 0 Å². The lowest BCUT2D eigenvalue weighted by Gasteiger charge is -2.32. The van der Waals surface area contributed by atoms with Gasteiger partial charge in [-0.15, -0.1) is 0 Å². The first-order valence-corrected chi connectivity index (χ1v) is 10.2. The summed E-state index contributed by atoms with van der Waals surface area (Å²) in [5.74, 6) is 0.922. The van der Waals surface area contributed by atoms with Crippen LogP contribution in [0.1, 0.15) is 41.4 Å². The maximum absolute atomic E-state index is 12.5. The Morgan fingerprint density at radius 3 is 2.90 bits per heavy atom. The number of carbonyl (C=O) groups is 2. The zero-order valence-corrected chi connectivity index (χ0v) is 16.9. The van der Waals surface area contributed by atoms with Crippen LogP contribution in [0.5, 0.6) is 0 Å². The zero-order chi connectivity index (χ0) is 20.5. The molecule has 0 aliphatic carbocycles. The van der Waals surface area contributed by atoms with Gasteiger partial charge in [0.25, 0.3) is 5.91 Å². The number of nitrogens with one attached hydrogen (secondary N) is 2. The molecular formula is C22H29N3O4. The molecule has 1 aromatic heterocycles. The number of likely N-dealkylation sites (tertiary alicyclic amines) is 1. The Morgan fingerprint density at radius 1 is 1.21 bits per heavy atom. The van der Waals surface area contributed by atoms with Gasteiger partial charge in [-0.25, -0.2) is 4.79 Å². The second kappa shape index (κ2) is 10.7. The molecule has 0 spiro atoms. The molecule has 0 saturated carbocycles. The van der Waals surface area contributed by atoms with E-state index in [2.05, 4.69) is 10.6 Å². The van der Waals surface area contributed by atoms with E-state index in [4.69, 9.17) is 9.15 Å². The molecule has 0 bridgehead atoms. The molecule has 1 fully saturated rings. The van der Waals surface area contributed by atoms with Crippen LogP contribution in [0.25, 0.3) is 0 Å². The molecule has 2 N–H and O–H groups in total. The van der Waals surface area contributed by atoms with Crippen molar-refractivity contribution in [2.45, 2.75) is 32.9 Å². The number of piperidine rings is 1. The minimum absolute atomic E-state index is 0.0705. The third kappa shape index (κ3) is 6.35. The van der Waals surface area contributed by atoms with Gasteiger partial charge in [0.1, 0.15) is 5.76 Å². The molecule has 3 rings (SSSR count). The van der Waals surface area contributed by atoms with E-state index in [0.717, 1.165) is 31.5 Å². The smallest absolute Gasteiger partial charge is 0.317 e. The van der Waals surface area contributed by atoms with Crippen molar-refractivity contribution in [1.82, 2.24) is 15.5 Å². The summed E-state index contributed by atoms with van der Waals surface area (Å²) in [4.78, 5) is 26.7. The molecular weight excluding hydrogens is 370 g/mol. The number of carbonyl (C=O) groups excluding carboxylic acids is 2. The normalized spacial score (nSPS) is 16.4. The van der Waals surface area contributed by atoms with E-state index in [1.54, 1.807) is 24.5 Å². The fourth-order valence-electron chi connectivity index (χ4n) is 3.46. The SMILES string of the molecule is CCOC[C@H]1CCCN(C(=O)NCc2cccc(C(=O)NCc3ccco3)c2)C1. The Hall–Kier alpha value is -2.80. The van der Waals surface area contributed by atoms with Crippen molar-refractivity contribution in [2.24, 2.45) is 5.92 Å². The Morgan fingerprint density at radius 2 is 2.10 bits per heavy atom. The quantitative estimate of drug-likeness (QED) is 0.714. The maximum atomic E-state index is 12.5. The highest BCUT2D eigenvalue weighted by atomic mass is 16.5. The summed E-state index contributed by atoms with van der Waals surface area (Å²) in [6, 6.07) is 10.8. The lowest BCUT2D eigenvalue weighted by molar-refractivity contribution is 0.0756. The molecule has 29 heavy (non-hydrogen) atoms. The molecule has 2 heterocycles. The number of rotatable bonds is 8. The molecule has 0 radical (unpaired) electrons. The van der Waals surface area contributed by atoms with Crippen LogP contribution in [-0.2, 0) is 17.8 Å². The summed E-state index contributed by atoms with van der Waals surface area (Å²) in [6.45, 7) is 5.60. The Labute approximate surface area is 171 Å². The lowest BCUT2D eigenvalue weighted by Crippen LogP contribution is -2.46. The van der Waals surface area contributed by atoms with Gasteiger partial charge in [-0.05, 0) is 49.6 Å². The van der Waals surface area contributed by atoms with E-state index >= 15 is 0 Å². The first kappa shape index (κ1) is 20.9. The van der Waals surface area contributed by atoms with E-state index in [1.165, 1.54) is 0 Å². The second-order valence-corrected chi connectivity index (χ2v) is 7.23. The molecule has 1 atom stereocenters. The third-order valence-electron chi connectivity index (χ3n) is 5.00. The Balaban J connectivity index is 1.48. The zero-order valence-electron chi connectivity index (χ0n) is 16.9. The van der Waals surface area contributed by atoms with Crippen molar-refractivity contribution in [1.29, 1.82) is 0 Å². The van der Waals surface area contributed by atoms with Gasteiger partial charge in [0.05, 0.1) is 19.4 Å². The topological polar surface area (TPSA) is 83.8 Å². The van der Waals surface area contributed by atoms with Crippen LogP contribution in [-0.4, -0.2) is 43.1 Å². The molecule has 1 aromatic carbocycles. The Kier molecular flexibility index (Phi) is 7.69. The number of ether oxygens (including phenoxy) is 1. The summed E-state index contributed by atoms with van der Waals surface area (Å²) in [5.41, 5.74) is 1.44. The van der Waals surface area contributed by atoms with E-state index in [0.29, 0.717) is 43.5 Å². The summed E-state index contributed by atoms with van der Waals surface area (Å²) in [5, 5.41) is 5.79. The van der Waals surface area contributed by atoms with Gasteiger partial charge < -0.3 is 24.7 Å². The van der Waals surface area contributed by atoms with E-state index in [-0.39, 0.29) is 11.9 Å². The number of amides is 3. The minimum Gasteiger partial charge on any atom is -0.467 e. The standard InChI is InChI=1S/C22H29N3O4/c1-2-28-16-18-7-4-10-25(15-18)22(27)24-13-17-6-3-8-19(12-17)21(26)23-14-20-9-5-11-29-20/h3,5-6,8-9,11-12,18H,2,4,7,10,13-16H2,1H3,(H,23,26)(H,24,27)/t18-/m0/s1. The van der Waals surface area contributed by atoms with Crippen LogP contribution in [0.15, 0.2) is 47.1 Å². The number of nitrogens with zero attached hydrogens (tertiary/aromatic N) is 1. The van der Waals surface area contributed by atoms with Gasteiger partial charge in [-0.2, -0.15) is 0 Å². The molecule has 1 saturated heterocycles. The second-order valence-electron chi connectivity index (χ2n) is 7.23. The number of hydrogen-bond acceptors (Lipinski definition) is 4. The number of benzene rings is 1. The van der Waals surface area contributed by atoms with Crippen molar-refractivity contribution < 1.29 is 18.7 Å². The van der Waals surface area contributed by atoms with Gasteiger partial charge in [0, 0.05) is 37.7 Å². The van der Waals surface area contributed by atoms with Crippen molar-refractivity contribution >= 4 is 11.9 Å². The fraction of sp³-hybridized carbons (Fsp3) is 0.455. The van der Waals surface area contributed by atoms with E-state index in [9.17, 15) is 9.59 Å². The van der Waals surface area contributed by atoms with Gasteiger partial charge in [0.15, 0.2) is 0 Å². The Bertz CT molecular complexity index is 791. The molecule has 3 amide bonds. The highest BCUT2D eigenvalue weighted by molar-refractivity contribution is 5.94. The summed E-state index contributed by atoms with van der Waals surface area (Å²) in [6.07, 6.45) is 3.67. The van der Waals surface area contributed by atoms with Crippen molar-refractivity contribution in [3.63, 3.8) is 0 Å². The van der Waals surface area contributed by atoms with Crippen LogP contribution < -0.4 is 10.6 Å². The molecule has 0 unspecified atom stereocenters. The molecule has 1 aliphatic rings. The monoisotopic (exact) mass is 399 g/mol. The predicted octanol–water partition coefficient (Wildman–Crippen LogP) is 3.17. The van der Waals surface area contributed by atoms with Crippen molar-refractivity contribution in [2.75, 3.05) is 26.3 Å². The molecule has 7 heteroatoms. The van der Waals surface area contributed by atoms with E-state index < -0.39 is 0 Å². The predicted molar refractivity (Wildman–Crippen MR) is 109 cm³/mol. The van der Waals surface area contributed by atoms with Crippen molar-refractivity contribution in [3.8, 4) is 0 Å². The lowest BCUT2D eigenvalue weighted by atomic mass is 9.99. The van der Waals surface area contributed by atoms with Gasteiger partial charge >= 0.3 is 6.03 Å². The van der Waals surface area contributed by atoms with E-state index in [1.807, 2.05) is 30.0 Å². The largest absolute Gasteiger partial charge is 0.467 e. The van der Waals surface area contributed by atoms with Crippen LogP contribution in [0.4, 0.5) is 4.79 Å². The highest BCUT2D eigenvalue weighted by Crippen LogP contribution is 2.17. The third-order valence-corrected chi connectivity index (χ3v) is 5.00. The summed E-state index contributed by atoms with van der Waals surface area (Å²) in [7, 11) is 0. The fourth-order valence-corrected chi connectivity index (χ4v) is 3.46. The van der Waals surface area contributed by atoms with Gasteiger partial charge in [-0.1, -0.05) is 12.1 Å². The maximum Gasteiger partial charge on any atom is 0.317 e. The number of furan rings is 1. The molecule has 1 aliphatic heterocycles. The highest BCUT2D eigenvalue weighted by Gasteiger charge is 2.23. The molecule has 156 valence electrons. The first-order valence-electron chi connectivity index (χ1n) is 10.2. The average molecular weight is 399 g/mol. The minimum atomic E-state index is -0.177. The van der Waals surface area contributed by atoms with Gasteiger partial charge in [0.2, 0.25) is 0 Å². The van der Waals surface area contributed by atoms with Crippen molar-refractivity contribution in [3.05, 3.63) is 59.5 Å². The molecule has 7 nitrogen and oxygen atoms in total. The first-order chi connectivity index (χ1) is 14.2. The van der Waals surface area contributed by atoms with Crippen LogP contribution in [0.2, 0.25) is 0 Å². The van der Waals surface area contributed by atoms with Crippen LogP contribution >= 0.6 is 0 Å². The summed E-state index contributed by atoms with van der Waals surface area (Å²) >= 11 is 0. The van der Waals surface area contributed by atoms with Crippen LogP contribution in [0, 0.1) is 5.92 Å². The molecule has 2 aromatic rings. The number of hydrogen-bond donors (Lipinski definition) is 2.